The van der Waals surface area contributed by atoms with Crippen molar-refractivity contribution in [3.05, 3.63) is 22.5 Å². The van der Waals surface area contributed by atoms with Crippen molar-refractivity contribution in [1.82, 2.24) is 14.7 Å². The summed E-state index contributed by atoms with van der Waals surface area (Å²) in [6.45, 7) is 7.84. The zero-order valence-electron chi connectivity index (χ0n) is 12.7. The second kappa shape index (κ2) is 6.62. The molecule has 1 aromatic heterocycles. The molecule has 2 heterocycles. The lowest BCUT2D eigenvalue weighted by atomic mass is 10.2. The predicted octanol–water partition coefficient (Wildman–Crippen LogP) is 2.11. The van der Waals surface area contributed by atoms with E-state index in [0.717, 1.165) is 17.8 Å². The number of amides is 1. The molecule has 0 bridgehead atoms. The van der Waals surface area contributed by atoms with Crippen LogP contribution in [0.5, 0.6) is 0 Å². The van der Waals surface area contributed by atoms with Gasteiger partial charge in [0.05, 0.1) is 11.8 Å². The van der Waals surface area contributed by atoms with Crippen molar-refractivity contribution >= 4 is 23.6 Å². The number of hydrogen-bond acceptors (Lipinski definition) is 3. The number of aryl methyl sites for hydroxylation is 1. The summed E-state index contributed by atoms with van der Waals surface area (Å²) < 4.78 is 1.77. The number of β-amino-alcohol motifs (C(OH)–C–C–N with tert-alkyl or cyclic N) is 1. The third-order valence-corrected chi connectivity index (χ3v) is 3.91. The van der Waals surface area contributed by atoms with E-state index < -0.39 is 6.10 Å². The fourth-order valence-electron chi connectivity index (χ4n) is 2.43. The lowest BCUT2D eigenvalue weighted by Gasteiger charge is -2.12. The molecule has 0 unspecified atom stereocenters. The second-order valence-electron chi connectivity index (χ2n) is 5.93. The van der Waals surface area contributed by atoms with Gasteiger partial charge >= 0.3 is 0 Å². The molecule has 0 aromatic carbocycles. The van der Waals surface area contributed by atoms with Crippen molar-refractivity contribution in [1.29, 1.82) is 0 Å². The summed E-state index contributed by atoms with van der Waals surface area (Å²) in [6, 6.07) is 0. The minimum Gasteiger partial charge on any atom is -0.391 e. The molecule has 1 saturated heterocycles. The van der Waals surface area contributed by atoms with E-state index in [1.807, 2.05) is 6.92 Å². The van der Waals surface area contributed by atoms with E-state index in [1.165, 1.54) is 6.08 Å². The Kier molecular flexibility index (Phi) is 5.06. The summed E-state index contributed by atoms with van der Waals surface area (Å²) in [4.78, 5) is 13.7. The highest BCUT2D eigenvalue weighted by molar-refractivity contribution is 6.31. The zero-order valence-corrected chi connectivity index (χ0v) is 13.5. The van der Waals surface area contributed by atoms with Crippen LogP contribution in [0.3, 0.4) is 0 Å². The summed E-state index contributed by atoms with van der Waals surface area (Å²) in [7, 11) is 0. The largest absolute Gasteiger partial charge is 0.391 e. The van der Waals surface area contributed by atoms with E-state index in [4.69, 9.17) is 11.6 Å². The highest BCUT2D eigenvalue weighted by Crippen LogP contribution is 2.22. The van der Waals surface area contributed by atoms with Gasteiger partial charge in [0.2, 0.25) is 5.91 Å². The van der Waals surface area contributed by atoms with Crippen LogP contribution in [0.4, 0.5) is 0 Å². The van der Waals surface area contributed by atoms with Gasteiger partial charge in [0, 0.05) is 31.3 Å². The molecular formula is C15H22ClN3O2. The van der Waals surface area contributed by atoms with Crippen molar-refractivity contribution in [3.63, 3.8) is 0 Å². The molecule has 1 N–H and O–H groups in total. The van der Waals surface area contributed by atoms with Gasteiger partial charge < -0.3 is 10.0 Å². The van der Waals surface area contributed by atoms with Crippen LogP contribution in [0.25, 0.3) is 6.08 Å². The zero-order chi connectivity index (χ0) is 15.6. The van der Waals surface area contributed by atoms with Crippen LogP contribution in [-0.2, 0) is 11.3 Å². The summed E-state index contributed by atoms with van der Waals surface area (Å²) >= 11 is 6.32. The Morgan fingerprint density at radius 1 is 1.57 bits per heavy atom. The SMILES string of the molecule is Cc1nn(CC(C)C)c(Cl)c1C=CC(=O)N1CC[C@@H](O)C1. The number of hydrogen-bond donors (Lipinski definition) is 1. The fourth-order valence-corrected chi connectivity index (χ4v) is 2.73. The van der Waals surface area contributed by atoms with Crippen molar-refractivity contribution in [2.24, 2.45) is 5.92 Å². The third-order valence-electron chi connectivity index (χ3n) is 3.52. The molecule has 0 saturated carbocycles. The second-order valence-corrected chi connectivity index (χ2v) is 6.28. The first-order valence-corrected chi connectivity index (χ1v) is 7.64. The number of carbonyl (C=O) groups excluding carboxylic acids is 1. The molecule has 0 radical (unpaired) electrons. The van der Waals surface area contributed by atoms with Gasteiger partial charge in [-0.3, -0.25) is 9.48 Å². The molecule has 2 rings (SSSR count). The maximum absolute atomic E-state index is 12.0. The Labute approximate surface area is 130 Å². The Hall–Kier alpha value is -1.33. The van der Waals surface area contributed by atoms with Crippen molar-refractivity contribution in [2.75, 3.05) is 13.1 Å². The van der Waals surface area contributed by atoms with Gasteiger partial charge in [0.15, 0.2) is 0 Å². The van der Waals surface area contributed by atoms with Crippen LogP contribution in [0.15, 0.2) is 6.08 Å². The van der Waals surface area contributed by atoms with Gasteiger partial charge in [-0.25, -0.2) is 0 Å². The van der Waals surface area contributed by atoms with E-state index in [9.17, 15) is 9.90 Å². The summed E-state index contributed by atoms with van der Waals surface area (Å²) in [5, 5.41) is 14.4. The standard InChI is InChI=1S/C15H22ClN3O2/c1-10(2)8-19-15(16)13(11(3)17-19)4-5-14(21)18-7-6-12(20)9-18/h4-5,10,12,20H,6-9H2,1-3H3/t12-/m1/s1. The van der Waals surface area contributed by atoms with E-state index in [0.29, 0.717) is 30.6 Å². The molecule has 21 heavy (non-hydrogen) atoms. The lowest BCUT2D eigenvalue weighted by molar-refractivity contribution is -0.125. The van der Waals surface area contributed by atoms with Crippen LogP contribution in [0.1, 0.15) is 31.5 Å². The Balaban J connectivity index is 2.10. The Bertz CT molecular complexity index is 551. The first kappa shape index (κ1) is 16.0. The maximum atomic E-state index is 12.0. The average Bonchev–Trinajstić information content (AvgIpc) is 2.93. The van der Waals surface area contributed by atoms with Crippen LogP contribution in [0.2, 0.25) is 5.15 Å². The van der Waals surface area contributed by atoms with Gasteiger partial charge in [-0.05, 0) is 25.3 Å². The van der Waals surface area contributed by atoms with Crippen molar-refractivity contribution < 1.29 is 9.90 Å². The monoisotopic (exact) mass is 311 g/mol. The summed E-state index contributed by atoms with van der Waals surface area (Å²) in [5.41, 5.74) is 1.59. The fraction of sp³-hybridized carbons (Fsp3) is 0.600. The van der Waals surface area contributed by atoms with Gasteiger partial charge in [-0.1, -0.05) is 25.4 Å². The highest BCUT2D eigenvalue weighted by Gasteiger charge is 2.23. The number of nitrogens with zero attached hydrogens (tertiary/aromatic N) is 3. The topological polar surface area (TPSA) is 58.4 Å². The molecule has 6 heteroatoms. The highest BCUT2D eigenvalue weighted by atomic mass is 35.5. The normalized spacial score (nSPS) is 19.1. The third kappa shape index (κ3) is 3.86. The Morgan fingerprint density at radius 3 is 2.86 bits per heavy atom. The van der Waals surface area contributed by atoms with Gasteiger partial charge in [-0.15, -0.1) is 0 Å². The quantitative estimate of drug-likeness (QED) is 0.866. The molecule has 1 aromatic rings. The van der Waals surface area contributed by atoms with Gasteiger partial charge in [0.1, 0.15) is 5.15 Å². The number of rotatable bonds is 4. The molecule has 0 aliphatic carbocycles. The van der Waals surface area contributed by atoms with E-state index in [2.05, 4.69) is 18.9 Å². The molecule has 1 aliphatic rings. The van der Waals surface area contributed by atoms with E-state index in [1.54, 1.807) is 15.7 Å². The first-order chi connectivity index (χ1) is 9.88. The van der Waals surface area contributed by atoms with Gasteiger partial charge in [-0.2, -0.15) is 5.10 Å². The predicted molar refractivity (Wildman–Crippen MR) is 83.0 cm³/mol. The molecule has 116 valence electrons. The number of aromatic nitrogens is 2. The van der Waals surface area contributed by atoms with E-state index in [-0.39, 0.29) is 5.91 Å². The number of aliphatic hydroxyl groups is 1. The van der Waals surface area contributed by atoms with Crippen LogP contribution >= 0.6 is 11.6 Å². The summed E-state index contributed by atoms with van der Waals surface area (Å²) in [5.74, 6) is 0.352. The molecule has 5 nitrogen and oxygen atoms in total. The molecule has 1 atom stereocenters. The number of likely N-dealkylation sites (tertiary alicyclic amines) is 1. The van der Waals surface area contributed by atoms with Crippen LogP contribution in [0, 0.1) is 12.8 Å². The number of aliphatic hydroxyl groups excluding tert-OH is 1. The molecule has 1 aliphatic heterocycles. The smallest absolute Gasteiger partial charge is 0.246 e. The van der Waals surface area contributed by atoms with E-state index >= 15 is 0 Å². The molecule has 1 fully saturated rings. The van der Waals surface area contributed by atoms with Crippen molar-refractivity contribution in [3.8, 4) is 0 Å². The molecule has 1 amide bonds. The maximum Gasteiger partial charge on any atom is 0.246 e. The Morgan fingerprint density at radius 2 is 2.29 bits per heavy atom. The minimum atomic E-state index is -0.401. The summed E-state index contributed by atoms with van der Waals surface area (Å²) in [6.07, 6.45) is 3.47. The lowest BCUT2D eigenvalue weighted by Crippen LogP contribution is -2.27. The van der Waals surface area contributed by atoms with Gasteiger partial charge in [0.25, 0.3) is 0 Å². The first-order valence-electron chi connectivity index (χ1n) is 7.26. The van der Waals surface area contributed by atoms with Crippen molar-refractivity contribution in [2.45, 2.75) is 39.8 Å². The average molecular weight is 312 g/mol. The van der Waals surface area contributed by atoms with Crippen LogP contribution in [-0.4, -0.2) is 44.9 Å². The number of halogens is 1. The molecular weight excluding hydrogens is 290 g/mol. The van der Waals surface area contributed by atoms with Crippen LogP contribution < -0.4 is 0 Å². The number of carbonyl (C=O) groups is 1. The minimum absolute atomic E-state index is 0.0985. The molecule has 0 spiro atoms.